The Bertz CT molecular complexity index is 1090. The average Bonchev–Trinajstić information content (AvgIpc) is 2.67. The molecular formula is C23H16N2. The highest BCUT2D eigenvalue weighted by Crippen LogP contribution is 2.23. The highest BCUT2D eigenvalue weighted by molar-refractivity contribution is 5.80. The van der Waals surface area contributed by atoms with E-state index in [2.05, 4.69) is 24.8 Å². The van der Waals surface area contributed by atoms with Crippen molar-refractivity contribution in [1.82, 2.24) is 9.97 Å². The Morgan fingerprint density at radius 1 is 0.680 bits per heavy atom. The lowest BCUT2D eigenvalue weighted by atomic mass is 10.1. The lowest BCUT2D eigenvalue weighted by Crippen LogP contribution is -1.96. The summed E-state index contributed by atoms with van der Waals surface area (Å²) in [6, 6.07) is 26.1. The molecule has 1 heterocycles. The van der Waals surface area contributed by atoms with Gasteiger partial charge in [-0.2, -0.15) is 0 Å². The third kappa shape index (κ3) is 3.27. The molecule has 0 N–H and O–H groups in total. The van der Waals surface area contributed by atoms with Crippen LogP contribution in [0.15, 0.2) is 78.9 Å². The summed E-state index contributed by atoms with van der Waals surface area (Å²) in [6.07, 6.45) is 0. The summed E-state index contributed by atoms with van der Waals surface area (Å²) in [5.74, 6) is 6.41. The van der Waals surface area contributed by atoms with E-state index in [9.17, 15) is 0 Å². The Balaban J connectivity index is 1.92. The number of aryl methyl sites for hydroxylation is 1. The van der Waals surface area contributed by atoms with Crippen LogP contribution >= 0.6 is 0 Å². The summed E-state index contributed by atoms with van der Waals surface area (Å²) in [5.41, 5.74) is 6.44. The standard InChI is InChI=1S/C23H16N2/c1-17-12-14-20-22(16-17)25-23(19-10-6-3-7-11-19)21(24-20)15-13-18-8-4-2-5-9-18/h2-12,14,16H,1H3. The molecule has 3 aromatic carbocycles. The minimum Gasteiger partial charge on any atom is -0.243 e. The normalized spacial score (nSPS) is 10.3. The van der Waals surface area contributed by atoms with Crippen LogP contribution in [0.25, 0.3) is 22.3 Å². The zero-order chi connectivity index (χ0) is 17.1. The number of hydrogen-bond acceptors (Lipinski definition) is 2. The van der Waals surface area contributed by atoms with Crippen molar-refractivity contribution >= 4 is 11.0 Å². The maximum atomic E-state index is 4.85. The fraction of sp³-hybridized carbons (Fsp3) is 0.0435. The van der Waals surface area contributed by atoms with Crippen LogP contribution in [-0.2, 0) is 0 Å². The lowest BCUT2D eigenvalue weighted by molar-refractivity contribution is 1.25. The van der Waals surface area contributed by atoms with E-state index in [1.54, 1.807) is 0 Å². The first-order valence-electron chi connectivity index (χ1n) is 8.20. The highest BCUT2D eigenvalue weighted by atomic mass is 14.8. The van der Waals surface area contributed by atoms with E-state index in [1.807, 2.05) is 72.8 Å². The molecule has 0 spiro atoms. The van der Waals surface area contributed by atoms with Crippen molar-refractivity contribution in [1.29, 1.82) is 0 Å². The monoisotopic (exact) mass is 320 g/mol. The predicted molar refractivity (Wildman–Crippen MR) is 102 cm³/mol. The van der Waals surface area contributed by atoms with Crippen molar-refractivity contribution in [2.24, 2.45) is 0 Å². The van der Waals surface area contributed by atoms with E-state index in [0.717, 1.165) is 27.9 Å². The van der Waals surface area contributed by atoms with Gasteiger partial charge in [0.1, 0.15) is 11.4 Å². The molecule has 0 aliphatic heterocycles. The van der Waals surface area contributed by atoms with E-state index in [0.29, 0.717) is 5.69 Å². The van der Waals surface area contributed by atoms with Gasteiger partial charge < -0.3 is 0 Å². The predicted octanol–water partition coefficient (Wildman–Crippen LogP) is 5.01. The lowest BCUT2D eigenvalue weighted by Gasteiger charge is -2.06. The molecule has 0 fully saturated rings. The molecule has 0 aliphatic rings. The largest absolute Gasteiger partial charge is 0.243 e. The molecule has 4 aromatic rings. The fourth-order valence-corrected chi connectivity index (χ4v) is 2.70. The Hall–Kier alpha value is -3.44. The Kier molecular flexibility index (Phi) is 3.98. The first kappa shape index (κ1) is 15.1. The second kappa shape index (κ2) is 6.59. The minimum atomic E-state index is 0.700. The van der Waals surface area contributed by atoms with Crippen LogP contribution in [-0.4, -0.2) is 9.97 Å². The number of hydrogen-bond donors (Lipinski definition) is 0. The number of benzene rings is 3. The van der Waals surface area contributed by atoms with Crippen LogP contribution in [0, 0.1) is 18.8 Å². The first-order chi connectivity index (χ1) is 12.3. The average molecular weight is 320 g/mol. The molecule has 0 radical (unpaired) electrons. The van der Waals surface area contributed by atoms with Crippen molar-refractivity contribution in [3.63, 3.8) is 0 Å². The van der Waals surface area contributed by atoms with E-state index >= 15 is 0 Å². The van der Waals surface area contributed by atoms with E-state index in [-0.39, 0.29) is 0 Å². The van der Waals surface area contributed by atoms with Gasteiger partial charge in [0.05, 0.1) is 11.0 Å². The molecule has 2 nitrogen and oxygen atoms in total. The van der Waals surface area contributed by atoms with Gasteiger partial charge in [-0.1, -0.05) is 60.5 Å². The van der Waals surface area contributed by atoms with Gasteiger partial charge in [-0.25, -0.2) is 9.97 Å². The smallest absolute Gasteiger partial charge is 0.140 e. The molecule has 0 saturated heterocycles. The molecule has 2 heteroatoms. The van der Waals surface area contributed by atoms with Gasteiger partial charge in [0, 0.05) is 11.1 Å². The van der Waals surface area contributed by atoms with Gasteiger partial charge in [-0.3, -0.25) is 0 Å². The Morgan fingerprint density at radius 3 is 2.16 bits per heavy atom. The molecule has 1 aromatic heterocycles. The fourth-order valence-electron chi connectivity index (χ4n) is 2.70. The summed E-state index contributed by atoms with van der Waals surface area (Å²) in [6.45, 7) is 2.06. The SMILES string of the molecule is Cc1ccc2nc(C#Cc3ccccc3)c(-c3ccccc3)nc2c1. The molecule has 118 valence electrons. The number of nitrogens with zero attached hydrogens (tertiary/aromatic N) is 2. The molecule has 0 saturated carbocycles. The van der Waals surface area contributed by atoms with Crippen molar-refractivity contribution in [2.75, 3.05) is 0 Å². The van der Waals surface area contributed by atoms with Crippen LogP contribution in [0.5, 0.6) is 0 Å². The van der Waals surface area contributed by atoms with Gasteiger partial charge in [-0.15, -0.1) is 0 Å². The van der Waals surface area contributed by atoms with Crippen LogP contribution in [0.1, 0.15) is 16.8 Å². The number of fused-ring (bicyclic) bond motifs is 1. The molecule has 4 rings (SSSR count). The molecule has 0 bridgehead atoms. The van der Waals surface area contributed by atoms with Crippen molar-refractivity contribution in [3.8, 4) is 23.1 Å². The molecule has 25 heavy (non-hydrogen) atoms. The molecule has 0 aliphatic carbocycles. The van der Waals surface area contributed by atoms with E-state index in [1.165, 1.54) is 5.56 Å². The van der Waals surface area contributed by atoms with Crippen LogP contribution in [0.3, 0.4) is 0 Å². The zero-order valence-corrected chi connectivity index (χ0v) is 13.9. The van der Waals surface area contributed by atoms with Gasteiger partial charge >= 0.3 is 0 Å². The zero-order valence-electron chi connectivity index (χ0n) is 13.9. The number of aromatic nitrogens is 2. The summed E-state index contributed by atoms with van der Waals surface area (Å²) < 4.78 is 0. The molecule has 0 amide bonds. The van der Waals surface area contributed by atoms with Gasteiger partial charge in [0.2, 0.25) is 0 Å². The highest BCUT2D eigenvalue weighted by Gasteiger charge is 2.09. The summed E-state index contributed by atoms with van der Waals surface area (Å²) in [5, 5.41) is 0. The van der Waals surface area contributed by atoms with E-state index < -0.39 is 0 Å². The summed E-state index contributed by atoms with van der Waals surface area (Å²) >= 11 is 0. The second-order valence-electron chi connectivity index (χ2n) is 5.90. The Morgan fingerprint density at radius 2 is 1.40 bits per heavy atom. The summed E-state index contributed by atoms with van der Waals surface area (Å²) in [7, 11) is 0. The van der Waals surface area contributed by atoms with Gasteiger partial charge in [0.15, 0.2) is 0 Å². The molecule has 0 atom stereocenters. The third-order valence-corrected chi connectivity index (χ3v) is 3.97. The number of rotatable bonds is 1. The van der Waals surface area contributed by atoms with Crippen LogP contribution < -0.4 is 0 Å². The van der Waals surface area contributed by atoms with Crippen molar-refractivity contribution in [3.05, 3.63) is 95.7 Å². The molecule has 0 unspecified atom stereocenters. The van der Waals surface area contributed by atoms with Gasteiger partial charge in [-0.05, 0) is 42.7 Å². The summed E-state index contributed by atoms with van der Waals surface area (Å²) in [4.78, 5) is 9.63. The Labute approximate surface area is 147 Å². The maximum absolute atomic E-state index is 4.85. The molecular weight excluding hydrogens is 304 g/mol. The van der Waals surface area contributed by atoms with Crippen molar-refractivity contribution in [2.45, 2.75) is 6.92 Å². The van der Waals surface area contributed by atoms with Crippen LogP contribution in [0.4, 0.5) is 0 Å². The minimum absolute atomic E-state index is 0.700. The third-order valence-electron chi connectivity index (χ3n) is 3.97. The maximum Gasteiger partial charge on any atom is 0.140 e. The van der Waals surface area contributed by atoms with Crippen molar-refractivity contribution < 1.29 is 0 Å². The van der Waals surface area contributed by atoms with Gasteiger partial charge in [0.25, 0.3) is 0 Å². The second-order valence-corrected chi connectivity index (χ2v) is 5.90. The van der Waals surface area contributed by atoms with Crippen LogP contribution in [0.2, 0.25) is 0 Å². The van der Waals surface area contributed by atoms with E-state index in [4.69, 9.17) is 9.97 Å². The first-order valence-corrected chi connectivity index (χ1v) is 8.20. The topological polar surface area (TPSA) is 25.8 Å². The quantitative estimate of drug-likeness (QED) is 0.461.